The maximum atomic E-state index is 14.2. The predicted molar refractivity (Wildman–Crippen MR) is 166 cm³/mol. The standard InChI is InChI=1S/C34H31FN2O7S/c1-42-34(39)28-17-16-27(35)22-30(28)44-31-21-26-18-19-37(33(38)25-13-7-3-8-14-25)32(26)36-29(31)15-9-4-10-20-43-45(40,41)23-24-11-5-2-6-12-24/h2-3,5-8,11-14,16-19,21-22H,4,9-10,15,20,23H2,1H3. The van der Waals surface area contributed by atoms with Crippen LogP contribution in [0.2, 0.25) is 0 Å². The van der Waals surface area contributed by atoms with Gasteiger partial charge in [-0.2, -0.15) is 8.42 Å². The summed E-state index contributed by atoms with van der Waals surface area (Å²) >= 11 is 0. The Morgan fingerprint density at radius 1 is 0.867 bits per heavy atom. The van der Waals surface area contributed by atoms with Crippen molar-refractivity contribution in [3.63, 3.8) is 0 Å². The quantitative estimate of drug-likeness (QED) is 0.0802. The van der Waals surface area contributed by atoms with Gasteiger partial charge in [0.15, 0.2) is 0 Å². The second-order valence-corrected chi connectivity index (χ2v) is 11.9. The van der Waals surface area contributed by atoms with Gasteiger partial charge in [0.25, 0.3) is 16.0 Å². The highest BCUT2D eigenvalue weighted by atomic mass is 32.2. The number of hydrogen-bond donors (Lipinski definition) is 0. The first-order chi connectivity index (χ1) is 21.7. The van der Waals surface area contributed by atoms with Crippen molar-refractivity contribution in [2.45, 2.75) is 31.4 Å². The molecule has 0 N–H and O–H groups in total. The van der Waals surface area contributed by atoms with Crippen LogP contribution >= 0.6 is 0 Å². The molecule has 0 aliphatic carbocycles. The molecule has 0 aliphatic rings. The first-order valence-electron chi connectivity index (χ1n) is 14.3. The van der Waals surface area contributed by atoms with Gasteiger partial charge in [0.2, 0.25) is 0 Å². The molecule has 0 spiro atoms. The van der Waals surface area contributed by atoms with Crippen LogP contribution in [0.1, 0.15) is 51.2 Å². The Bertz CT molecular complexity index is 1910. The highest BCUT2D eigenvalue weighted by Gasteiger charge is 2.20. The average Bonchev–Trinajstić information content (AvgIpc) is 3.45. The van der Waals surface area contributed by atoms with Crippen LogP contribution in [0.25, 0.3) is 11.0 Å². The molecule has 5 aromatic rings. The fraction of sp³-hybridized carbons (Fsp3) is 0.206. The summed E-state index contributed by atoms with van der Waals surface area (Å²) in [5, 5.41) is 0.603. The van der Waals surface area contributed by atoms with Gasteiger partial charge in [-0.1, -0.05) is 55.0 Å². The second-order valence-electron chi connectivity index (χ2n) is 10.3. The fourth-order valence-corrected chi connectivity index (χ4v) is 5.84. The van der Waals surface area contributed by atoms with Crippen molar-refractivity contribution in [1.82, 2.24) is 9.55 Å². The molecule has 3 aromatic carbocycles. The minimum Gasteiger partial charge on any atom is -0.465 e. The SMILES string of the molecule is COC(=O)c1ccc(F)cc1Oc1cc2ccn(C(=O)c3ccccc3)c2nc1CCCCCOS(=O)(=O)Cc1ccccc1. The van der Waals surface area contributed by atoms with E-state index in [1.54, 1.807) is 66.9 Å². The summed E-state index contributed by atoms with van der Waals surface area (Å²) in [6, 6.07) is 24.5. The van der Waals surface area contributed by atoms with Crippen molar-refractivity contribution in [3.05, 3.63) is 125 Å². The predicted octanol–water partition coefficient (Wildman–Crippen LogP) is 6.70. The van der Waals surface area contributed by atoms with E-state index < -0.39 is 21.9 Å². The van der Waals surface area contributed by atoms with E-state index in [0.717, 1.165) is 12.1 Å². The monoisotopic (exact) mass is 630 g/mol. The van der Waals surface area contributed by atoms with E-state index in [9.17, 15) is 22.4 Å². The molecular formula is C34H31FN2O7S. The van der Waals surface area contributed by atoms with Crippen molar-refractivity contribution >= 4 is 33.0 Å². The van der Waals surface area contributed by atoms with Crippen LogP contribution in [0, 0.1) is 5.82 Å². The smallest absolute Gasteiger partial charge is 0.341 e. The molecule has 0 atom stereocenters. The van der Waals surface area contributed by atoms with Crippen LogP contribution in [0.3, 0.4) is 0 Å². The van der Waals surface area contributed by atoms with Gasteiger partial charge in [-0.3, -0.25) is 13.5 Å². The van der Waals surface area contributed by atoms with Crippen molar-refractivity contribution < 1.29 is 36.1 Å². The summed E-state index contributed by atoms with van der Waals surface area (Å²) in [5.41, 5.74) is 2.06. The number of benzene rings is 3. The number of aryl methyl sites for hydroxylation is 1. The van der Waals surface area contributed by atoms with E-state index in [1.807, 2.05) is 12.1 Å². The molecule has 11 heteroatoms. The number of rotatable bonds is 13. The summed E-state index contributed by atoms with van der Waals surface area (Å²) in [5.74, 6) is -1.51. The summed E-state index contributed by atoms with van der Waals surface area (Å²) < 4.78 is 56.5. The number of carbonyl (C=O) groups excluding carboxylic acids is 2. The molecule has 0 saturated heterocycles. The highest BCUT2D eigenvalue weighted by molar-refractivity contribution is 7.85. The number of esters is 1. The highest BCUT2D eigenvalue weighted by Crippen LogP contribution is 2.33. The third-order valence-corrected chi connectivity index (χ3v) is 8.23. The Kier molecular flexibility index (Phi) is 10.0. The number of ether oxygens (including phenoxy) is 2. The molecule has 5 rings (SSSR count). The number of pyridine rings is 1. The molecule has 232 valence electrons. The Morgan fingerprint density at radius 2 is 1.60 bits per heavy atom. The minimum atomic E-state index is -3.72. The fourth-order valence-electron chi connectivity index (χ4n) is 4.78. The van der Waals surface area contributed by atoms with E-state index in [0.29, 0.717) is 53.5 Å². The number of fused-ring (bicyclic) bond motifs is 1. The average molecular weight is 631 g/mol. The number of carbonyl (C=O) groups is 2. The molecule has 0 fully saturated rings. The topological polar surface area (TPSA) is 114 Å². The molecule has 0 radical (unpaired) electrons. The lowest BCUT2D eigenvalue weighted by Gasteiger charge is -2.14. The Morgan fingerprint density at radius 3 is 2.33 bits per heavy atom. The zero-order valence-corrected chi connectivity index (χ0v) is 25.3. The first kappa shape index (κ1) is 31.6. The van der Waals surface area contributed by atoms with E-state index in [2.05, 4.69) is 0 Å². The molecule has 0 saturated carbocycles. The van der Waals surface area contributed by atoms with Gasteiger partial charge < -0.3 is 9.47 Å². The van der Waals surface area contributed by atoms with Gasteiger partial charge >= 0.3 is 5.97 Å². The van der Waals surface area contributed by atoms with Crippen LogP contribution in [0.4, 0.5) is 4.39 Å². The molecule has 0 bridgehead atoms. The lowest BCUT2D eigenvalue weighted by atomic mass is 10.1. The number of hydrogen-bond acceptors (Lipinski definition) is 8. The molecule has 2 aromatic heterocycles. The number of aromatic nitrogens is 2. The summed E-state index contributed by atoms with van der Waals surface area (Å²) in [6.07, 6.45) is 3.67. The van der Waals surface area contributed by atoms with Crippen LogP contribution < -0.4 is 4.74 Å². The van der Waals surface area contributed by atoms with Gasteiger partial charge in [-0.15, -0.1) is 0 Å². The van der Waals surface area contributed by atoms with E-state index >= 15 is 0 Å². The van der Waals surface area contributed by atoms with E-state index in [-0.39, 0.29) is 35.3 Å². The van der Waals surface area contributed by atoms with Gasteiger partial charge in [0.05, 0.1) is 19.4 Å². The zero-order chi connectivity index (χ0) is 31.8. The lowest BCUT2D eigenvalue weighted by molar-refractivity contribution is 0.0597. The maximum absolute atomic E-state index is 14.2. The number of methoxy groups -OCH3 is 1. The van der Waals surface area contributed by atoms with Gasteiger partial charge in [-0.05, 0) is 61.2 Å². The first-order valence-corrected chi connectivity index (χ1v) is 15.9. The lowest BCUT2D eigenvalue weighted by Crippen LogP contribution is -2.12. The van der Waals surface area contributed by atoms with Crippen LogP contribution in [-0.4, -0.2) is 43.6 Å². The maximum Gasteiger partial charge on any atom is 0.341 e. The summed E-state index contributed by atoms with van der Waals surface area (Å²) in [6.45, 7) is 0.0329. The molecule has 45 heavy (non-hydrogen) atoms. The number of nitrogens with zero attached hydrogens (tertiary/aromatic N) is 2. The van der Waals surface area contributed by atoms with Crippen molar-refractivity contribution in [1.29, 1.82) is 0 Å². The third-order valence-electron chi connectivity index (χ3n) is 7.02. The molecule has 2 heterocycles. The number of unbranched alkanes of at least 4 members (excludes halogenated alkanes) is 2. The van der Waals surface area contributed by atoms with Crippen LogP contribution in [-0.2, 0) is 31.2 Å². The largest absolute Gasteiger partial charge is 0.465 e. The Hall–Kier alpha value is -4.87. The van der Waals surface area contributed by atoms with Gasteiger partial charge in [0.1, 0.15) is 34.3 Å². The zero-order valence-electron chi connectivity index (χ0n) is 24.5. The summed E-state index contributed by atoms with van der Waals surface area (Å²) in [7, 11) is -2.50. The van der Waals surface area contributed by atoms with Crippen molar-refractivity contribution in [2.75, 3.05) is 13.7 Å². The summed E-state index contributed by atoms with van der Waals surface area (Å²) in [4.78, 5) is 30.4. The van der Waals surface area contributed by atoms with E-state index in [4.69, 9.17) is 18.6 Å². The van der Waals surface area contributed by atoms with Crippen molar-refractivity contribution in [3.8, 4) is 11.5 Å². The molecule has 9 nitrogen and oxygen atoms in total. The van der Waals surface area contributed by atoms with Crippen molar-refractivity contribution in [2.24, 2.45) is 0 Å². The Labute approximate surface area is 260 Å². The second kappa shape index (κ2) is 14.3. The normalized spacial score (nSPS) is 11.4. The molecule has 0 aliphatic heterocycles. The van der Waals surface area contributed by atoms with Crippen LogP contribution in [0.5, 0.6) is 11.5 Å². The minimum absolute atomic E-state index is 0.0329. The molecular weight excluding hydrogens is 599 g/mol. The molecule has 0 amide bonds. The van der Waals surface area contributed by atoms with Crippen LogP contribution in [0.15, 0.2) is 97.2 Å². The molecule has 0 unspecified atom stereocenters. The third kappa shape index (κ3) is 8.00. The number of halogens is 1. The van der Waals surface area contributed by atoms with Gasteiger partial charge in [-0.25, -0.2) is 14.2 Å². The van der Waals surface area contributed by atoms with Gasteiger partial charge in [0, 0.05) is 23.2 Å². The Balaban J connectivity index is 1.35. The van der Waals surface area contributed by atoms with E-state index in [1.165, 1.54) is 17.7 Å².